The Morgan fingerprint density at radius 2 is 2.12 bits per heavy atom. The zero-order valence-corrected chi connectivity index (χ0v) is 15.9. The van der Waals surface area contributed by atoms with Crippen LogP contribution in [0.3, 0.4) is 0 Å². The second-order valence-corrected chi connectivity index (χ2v) is 9.46. The van der Waals surface area contributed by atoms with E-state index in [4.69, 9.17) is 16.3 Å². The molecule has 0 saturated carbocycles. The lowest BCUT2D eigenvalue weighted by Crippen LogP contribution is -2.31. The van der Waals surface area contributed by atoms with Crippen molar-refractivity contribution in [2.45, 2.75) is 17.4 Å². The summed E-state index contributed by atoms with van der Waals surface area (Å²) in [6, 6.07) is 9.94. The molecule has 6 nitrogen and oxygen atoms in total. The lowest BCUT2D eigenvalue weighted by molar-refractivity contribution is -0.122. The molecule has 0 fully saturated rings. The van der Waals surface area contributed by atoms with Gasteiger partial charge < -0.3 is 4.74 Å². The summed E-state index contributed by atoms with van der Waals surface area (Å²) in [7, 11) is -3.29. The topological polar surface area (TPSA) is 85.4 Å². The van der Waals surface area contributed by atoms with Crippen LogP contribution in [0, 0.1) is 0 Å². The van der Waals surface area contributed by atoms with E-state index >= 15 is 0 Å². The van der Waals surface area contributed by atoms with Crippen molar-refractivity contribution in [2.24, 2.45) is 0 Å². The van der Waals surface area contributed by atoms with E-state index in [1.54, 1.807) is 30.3 Å². The van der Waals surface area contributed by atoms with E-state index in [0.717, 1.165) is 11.8 Å². The Bertz CT molecular complexity index is 1140. The number of carbonyl (C=O) groups is 1. The van der Waals surface area contributed by atoms with Crippen LogP contribution in [-0.2, 0) is 21.1 Å². The van der Waals surface area contributed by atoms with Crippen LogP contribution < -0.4 is 10.1 Å². The number of fused-ring (bicyclic) bond motifs is 2. The van der Waals surface area contributed by atoms with E-state index < -0.39 is 15.9 Å². The van der Waals surface area contributed by atoms with Crippen molar-refractivity contribution >= 4 is 54.0 Å². The minimum atomic E-state index is -3.29. The normalized spacial score (nSPS) is 16.3. The largest absolute Gasteiger partial charge is 0.480 e. The fourth-order valence-corrected chi connectivity index (χ4v) is 4.56. The third-order valence-electron chi connectivity index (χ3n) is 4.01. The van der Waals surface area contributed by atoms with Gasteiger partial charge in [-0.2, -0.15) is 0 Å². The number of halogens is 1. The number of hydrogen-bond donors (Lipinski definition) is 1. The SMILES string of the molecule is CS(=O)(=O)c1ccc2nc(NC(=O)C3Cc4cc(Cl)ccc4O3)sc2c1. The Kier molecular flexibility index (Phi) is 4.13. The molecule has 2 heterocycles. The second kappa shape index (κ2) is 6.22. The number of nitrogens with zero attached hydrogens (tertiary/aromatic N) is 1. The fraction of sp³-hybridized carbons (Fsp3) is 0.176. The summed E-state index contributed by atoms with van der Waals surface area (Å²) in [5.74, 6) is 0.344. The summed E-state index contributed by atoms with van der Waals surface area (Å²) >= 11 is 7.18. The molecule has 2 aromatic carbocycles. The van der Waals surface area contributed by atoms with Gasteiger partial charge in [0.2, 0.25) is 0 Å². The number of carbonyl (C=O) groups excluding carboxylic acids is 1. The Balaban J connectivity index is 1.53. The Labute approximate surface area is 158 Å². The molecule has 1 aliphatic rings. The molecule has 1 atom stereocenters. The van der Waals surface area contributed by atoms with Crippen molar-refractivity contribution in [1.82, 2.24) is 4.98 Å². The standard InChI is InChI=1S/C17H13ClN2O4S2/c1-26(22,23)11-3-4-12-15(8-11)25-17(19-12)20-16(21)14-7-9-6-10(18)2-5-13(9)24-14/h2-6,8,14H,7H2,1H3,(H,19,20,21). The lowest BCUT2D eigenvalue weighted by atomic mass is 10.1. The maximum atomic E-state index is 12.5. The number of sulfone groups is 1. The molecule has 1 aliphatic heterocycles. The van der Waals surface area contributed by atoms with Crippen molar-refractivity contribution in [2.75, 3.05) is 11.6 Å². The number of nitrogens with one attached hydrogen (secondary N) is 1. The van der Waals surface area contributed by atoms with E-state index in [1.807, 2.05) is 0 Å². The summed E-state index contributed by atoms with van der Waals surface area (Å²) in [5.41, 5.74) is 1.51. The van der Waals surface area contributed by atoms with Crippen LogP contribution in [0.15, 0.2) is 41.3 Å². The average Bonchev–Trinajstić information content (AvgIpc) is 3.15. The van der Waals surface area contributed by atoms with Gasteiger partial charge in [0.1, 0.15) is 5.75 Å². The van der Waals surface area contributed by atoms with Gasteiger partial charge in [-0.3, -0.25) is 10.1 Å². The van der Waals surface area contributed by atoms with Crippen LogP contribution in [0.5, 0.6) is 5.75 Å². The van der Waals surface area contributed by atoms with Gasteiger partial charge in [-0.1, -0.05) is 22.9 Å². The highest BCUT2D eigenvalue weighted by molar-refractivity contribution is 7.90. The molecular weight excluding hydrogens is 396 g/mol. The van der Waals surface area contributed by atoms with Crippen molar-refractivity contribution in [3.8, 4) is 5.75 Å². The van der Waals surface area contributed by atoms with Crippen molar-refractivity contribution in [3.63, 3.8) is 0 Å². The van der Waals surface area contributed by atoms with Gasteiger partial charge in [-0.05, 0) is 42.0 Å². The first kappa shape index (κ1) is 17.3. The summed E-state index contributed by atoms with van der Waals surface area (Å²) in [6.45, 7) is 0. The third kappa shape index (κ3) is 3.27. The summed E-state index contributed by atoms with van der Waals surface area (Å²) in [4.78, 5) is 17.0. The number of aromatic nitrogens is 1. The second-order valence-electron chi connectivity index (χ2n) is 5.97. The van der Waals surface area contributed by atoms with Crippen molar-refractivity contribution in [1.29, 1.82) is 0 Å². The maximum absolute atomic E-state index is 12.5. The van der Waals surface area contributed by atoms with E-state index in [1.165, 1.54) is 17.4 Å². The Hall–Kier alpha value is -2.16. The number of ether oxygens (including phenoxy) is 1. The van der Waals surface area contributed by atoms with Crippen LogP contribution in [0.2, 0.25) is 5.02 Å². The predicted octanol–water partition coefficient (Wildman–Crippen LogP) is 3.30. The summed E-state index contributed by atoms with van der Waals surface area (Å²) in [6.07, 6.45) is 0.937. The molecule has 134 valence electrons. The molecule has 4 rings (SSSR count). The van der Waals surface area contributed by atoms with E-state index in [-0.39, 0.29) is 10.8 Å². The van der Waals surface area contributed by atoms with Crippen molar-refractivity contribution < 1.29 is 17.9 Å². The molecule has 0 radical (unpaired) electrons. The minimum Gasteiger partial charge on any atom is -0.480 e. The highest BCUT2D eigenvalue weighted by Gasteiger charge is 2.29. The van der Waals surface area contributed by atoms with Crippen LogP contribution in [0.1, 0.15) is 5.56 Å². The monoisotopic (exact) mass is 408 g/mol. The number of amides is 1. The van der Waals surface area contributed by atoms with Gasteiger partial charge in [0.15, 0.2) is 21.1 Å². The molecule has 1 aromatic heterocycles. The Morgan fingerprint density at radius 1 is 1.31 bits per heavy atom. The van der Waals surface area contributed by atoms with Crippen LogP contribution in [0.4, 0.5) is 5.13 Å². The molecule has 3 aromatic rings. The first-order valence-electron chi connectivity index (χ1n) is 7.66. The highest BCUT2D eigenvalue weighted by atomic mass is 35.5. The molecule has 9 heteroatoms. The molecular formula is C17H13ClN2O4S2. The lowest BCUT2D eigenvalue weighted by Gasteiger charge is -2.09. The van der Waals surface area contributed by atoms with Gasteiger partial charge in [0, 0.05) is 17.7 Å². The minimum absolute atomic E-state index is 0.220. The first-order valence-corrected chi connectivity index (χ1v) is 10.7. The molecule has 26 heavy (non-hydrogen) atoms. The number of rotatable bonds is 3. The quantitative estimate of drug-likeness (QED) is 0.718. The summed E-state index contributed by atoms with van der Waals surface area (Å²) in [5, 5.41) is 3.74. The third-order valence-corrected chi connectivity index (χ3v) is 6.29. The highest BCUT2D eigenvalue weighted by Crippen LogP contribution is 2.32. The van der Waals surface area contributed by atoms with Gasteiger partial charge in [0.05, 0.1) is 15.1 Å². The average molecular weight is 409 g/mol. The van der Waals surface area contributed by atoms with E-state index in [0.29, 0.717) is 32.5 Å². The number of thiazole rings is 1. The van der Waals surface area contributed by atoms with Gasteiger partial charge in [-0.25, -0.2) is 13.4 Å². The zero-order chi connectivity index (χ0) is 18.5. The van der Waals surface area contributed by atoms with Crippen LogP contribution >= 0.6 is 22.9 Å². The smallest absolute Gasteiger partial charge is 0.267 e. The number of benzene rings is 2. The number of anilines is 1. The van der Waals surface area contributed by atoms with Crippen LogP contribution in [0.25, 0.3) is 10.2 Å². The molecule has 1 amide bonds. The van der Waals surface area contributed by atoms with Gasteiger partial charge >= 0.3 is 0 Å². The molecule has 0 spiro atoms. The van der Waals surface area contributed by atoms with Gasteiger partial charge in [0.25, 0.3) is 5.91 Å². The summed E-state index contributed by atoms with van der Waals surface area (Å²) < 4.78 is 29.7. The molecule has 1 N–H and O–H groups in total. The van der Waals surface area contributed by atoms with Crippen molar-refractivity contribution in [3.05, 3.63) is 47.0 Å². The molecule has 0 bridgehead atoms. The number of hydrogen-bond acceptors (Lipinski definition) is 6. The molecule has 1 unspecified atom stereocenters. The maximum Gasteiger partial charge on any atom is 0.267 e. The van der Waals surface area contributed by atoms with Gasteiger partial charge in [-0.15, -0.1) is 0 Å². The first-order chi connectivity index (χ1) is 12.3. The van der Waals surface area contributed by atoms with E-state index in [2.05, 4.69) is 10.3 Å². The molecule has 0 saturated heterocycles. The van der Waals surface area contributed by atoms with E-state index in [9.17, 15) is 13.2 Å². The zero-order valence-electron chi connectivity index (χ0n) is 13.5. The Morgan fingerprint density at radius 3 is 2.88 bits per heavy atom. The molecule has 0 aliphatic carbocycles. The fourth-order valence-electron chi connectivity index (χ4n) is 2.74. The predicted molar refractivity (Wildman–Crippen MR) is 101 cm³/mol. The van der Waals surface area contributed by atoms with Crippen LogP contribution in [-0.4, -0.2) is 31.7 Å².